The Kier molecular flexibility index (Phi) is 2.17. The van der Waals surface area contributed by atoms with Crippen LogP contribution in [0.1, 0.15) is 12.8 Å². The van der Waals surface area contributed by atoms with E-state index < -0.39 is 0 Å². The van der Waals surface area contributed by atoms with Gasteiger partial charge in [-0.3, -0.25) is 0 Å². The number of rotatable bonds is 0. The van der Waals surface area contributed by atoms with Crippen LogP contribution in [0.5, 0.6) is 0 Å². The molecule has 0 N–H and O–H groups in total. The molecule has 0 unspecified atom stereocenters. The lowest BCUT2D eigenvalue weighted by molar-refractivity contribution is -0.00177. The number of hydrogen-bond donors (Lipinski definition) is 0. The Morgan fingerprint density at radius 1 is 1.33 bits per heavy atom. The minimum atomic E-state index is 0.384. The summed E-state index contributed by atoms with van der Waals surface area (Å²) in [5.74, 6) is 1.80. The molecule has 0 aromatic carbocycles. The minimum Gasteiger partial charge on any atom is -0.492 e. The molecule has 2 heteroatoms. The van der Waals surface area contributed by atoms with Crippen LogP contribution in [0, 0.1) is 5.92 Å². The number of nitrogens with zero attached hydrogens (tertiary/aromatic N) is 1. The fourth-order valence-electron chi connectivity index (χ4n) is 2.81. The zero-order valence-electron chi connectivity index (χ0n) is 9.15. The molecule has 2 atom stereocenters. The molecule has 3 rings (SSSR count). The van der Waals surface area contributed by atoms with E-state index in [1.165, 1.54) is 13.0 Å². The first-order valence-electron chi connectivity index (χ1n) is 5.74. The third-order valence-electron chi connectivity index (χ3n) is 3.62. The van der Waals surface area contributed by atoms with Gasteiger partial charge in [-0.25, -0.2) is 0 Å². The first-order valence-corrected chi connectivity index (χ1v) is 5.74. The summed E-state index contributed by atoms with van der Waals surface area (Å²) in [6.45, 7) is 2.27. The second-order valence-electron chi connectivity index (χ2n) is 4.75. The van der Waals surface area contributed by atoms with Gasteiger partial charge in [0.25, 0.3) is 0 Å². The largest absolute Gasteiger partial charge is 0.492 e. The Morgan fingerprint density at radius 3 is 3.13 bits per heavy atom. The summed E-state index contributed by atoms with van der Waals surface area (Å²) in [6, 6.07) is 0. The molecule has 2 heterocycles. The molecule has 0 amide bonds. The van der Waals surface area contributed by atoms with Crippen LogP contribution in [0.25, 0.3) is 0 Å². The summed E-state index contributed by atoms with van der Waals surface area (Å²) in [5.41, 5.74) is 1.57. The summed E-state index contributed by atoms with van der Waals surface area (Å²) in [7, 11) is 2.18. The molecule has 2 fully saturated rings. The van der Waals surface area contributed by atoms with Crippen molar-refractivity contribution >= 4 is 0 Å². The Labute approximate surface area is 90.9 Å². The lowest BCUT2D eigenvalue weighted by atomic mass is 9.82. The van der Waals surface area contributed by atoms with E-state index in [4.69, 9.17) is 4.74 Å². The van der Waals surface area contributed by atoms with Crippen LogP contribution in [0.15, 0.2) is 35.6 Å². The number of likely N-dealkylation sites (tertiary alicyclic amines) is 1. The van der Waals surface area contributed by atoms with Gasteiger partial charge in [0, 0.05) is 18.9 Å². The number of fused-ring (bicyclic) bond motifs is 4. The highest BCUT2D eigenvalue weighted by Crippen LogP contribution is 2.37. The van der Waals surface area contributed by atoms with Gasteiger partial charge in [-0.05, 0) is 26.1 Å². The van der Waals surface area contributed by atoms with Gasteiger partial charge < -0.3 is 9.64 Å². The predicted molar refractivity (Wildman–Crippen MR) is 60.4 cm³/mol. The molecule has 0 radical (unpaired) electrons. The van der Waals surface area contributed by atoms with E-state index in [1.54, 1.807) is 5.57 Å². The monoisotopic (exact) mass is 203 g/mol. The Bertz CT molecular complexity index is 354. The number of piperidine rings is 1. The summed E-state index contributed by atoms with van der Waals surface area (Å²) < 4.78 is 6.04. The first-order chi connectivity index (χ1) is 7.33. The van der Waals surface area contributed by atoms with Gasteiger partial charge in [-0.2, -0.15) is 0 Å². The Hall–Kier alpha value is -1.02. The molecule has 15 heavy (non-hydrogen) atoms. The third-order valence-corrected chi connectivity index (χ3v) is 3.62. The highest BCUT2D eigenvalue weighted by Gasteiger charge is 2.36. The fourth-order valence-corrected chi connectivity index (χ4v) is 2.81. The van der Waals surface area contributed by atoms with Crippen molar-refractivity contribution in [1.29, 1.82) is 0 Å². The van der Waals surface area contributed by atoms with Crippen molar-refractivity contribution in [2.75, 3.05) is 20.1 Å². The average molecular weight is 203 g/mol. The van der Waals surface area contributed by atoms with Crippen LogP contribution in [0.4, 0.5) is 0 Å². The zero-order valence-corrected chi connectivity index (χ0v) is 9.15. The van der Waals surface area contributed by atoms with E-state index in [9.17, 15) is 0 Å². The van der Waals surface area contributed by atoms with Crippen molar-refractivity contribution in [3.63, 3.8) is 0 Å². The smallest absolute Gasteiger partial charge is 0.117 e. The highest BCUT2D eigenvalue weighted by atomic mass is 16.5. The summed E-state index contributed by atoms with van der Waals surface area (Å²) in [4.78, 5) is 2.37. The Morgan fingerprint density at radius 2 is 2.20 bits per heavy atom. The van der Waals surface area contributed by atoms with Gasteiger partial charge in [-0.1, -0.05) is 23.8 Å². The molecule has 0 spiro atoms. The summed E-state index contributed by atoms with van der Waals surface area (Å²) in [5, 5.41) is 0. The van der Waals surface area contributed by atoms with Gasteiger partial charge in [0.05, 0.1) is 0 Å². The number of ether oxygens (including phenoxy) is 1. The van der Waals surface area contributed by atoms with Crippen LogP contribution >= 0.6 is 0 Å². The average Bonchev–Trinajstić information content (AvgIpc) is 2.41. The third kappa shape index (κ3) is 1.63. The van der Waals surface area contributed by atoms with Crippen molar-refractivity contribution in [3.8, 4) is 0 Å². The van der Waals surface area contributed by atoms with E-state index in [1.807, 2.05) is 0 Å². The van der Waals surface area contributed by atoms with Crippen molar-refractivity contribution in [2.24, 2.45) is 5.92 Å². The maximum atomic E-state index is 6.04. The van der Waals surface area contributed by atoms with E-state index in [-0.39, 0.29) is 0 Å². The fraction of sp³-hybridized carbons (Fsp3) is 0.538. The van der Waals surface area contributed by atoms with Gasteiger partial charge in [0.2, 0.25) is 0 Å². The van der Waals surface area contributed by atoms with E-state index in [0.717, 1.165) is 18.7 Å². The molecular weight excluding hydrogens is 186 g/mol. The molecule has 2 aliphatic heterocycles. The molecule has 80 valence electrons. The maximum absolute atomic E-state index is 6.04. The van der Waals surface area contributed by atoms with E-state index >= 15 is 0 Å². The van der Waals surface area contributed by atoms with Crippen LogP contribution in [-0.4, -0.2) is 31.1 Å². The predicted octanol–water partition coefficient (Wildman–Crippen LogP) is 2.11. The molecule has 0 aromatic rings. The highest BCUT2D eigenvalue weighted by molar-refractivity contribution is 5.31. The maximum Gasteiger partial charge on any atom is 0.117 e. The molecule has 2 saturated heterocycles. The molecule has 0 saturated carbocycles. The van der Waals surface area contributed by atoms with Crippen LogP contribution in [0.2, 0.25) is 0 Å². The van der Waals surface area contributed by atoms with E-state index in [0.29, 0.717) is 12.0 Å². The van der Waals surface area contributed by atoms with Crippen molar-refractivity contribution in [1.82, 2.24) is 4.90 Å². The molecule has 1 aliphatic carbocycles. The van der Waals surface area contributed by atoms with Crippen LogP contribution in [0.3, 0.4) is 0 Å². The topological polar surface area (TPSA) is 12.5 Å². The molecule has 0 aromatic heterocycles. The van der Waals surface area contributed by atoms with E-state index in [2.05, 4.69) is 36.3 Å². The quantitative estimate of drug-likeness (QED) is 0.598. The number of allylic oxidation sites excluding steroid dienone is 5. The Balaban J connectivity index is 1.90. The van der Waals surface area contributed by atoms with Crippen molar-refractivity contribution in [2.45, 2.75) is 18.9 Å². The number of hydrogen-bond acceptors (Lipinski definition) is 2. The molecule has 3 aliphatic rings. The summed E-state index contributed by atoms with van der Waals surface area (Å²) >= 11 is 0. The van der Waals surface area contributed by atoms with Gasteiger partial charge in [0.15, 0.2) is 0 Å². The van der Waals surface area contributed by atoms with Crippen molar-refractivity contribution in [3.05, 3.63) is 35.6 Å². The van der Waals surface area contributed by atoms with Gasteiger partial charge in [-0.15, -0.1) is 0 Å². The van der Waals surface area contributed by atoms with Crippen LogP contribution < -0.4 is 0 Å². The SMILES string of the molecule is CN1CC[C@@H]2C3=CC=CC=C(C3)O[C@@H]2C1. The molecular formula is C13H17NO. The van der Waals surface area contributed by atoms with Crippen LogP contribution in [-0.2, 0) is 4.74 Å². The summed E-state index contributed by atoms with van der Waals surface area (Å²) in [6.07, 6.45) is 11.3. The first kappa shape index (κ1) is 9.22. The molecule has 2 nitrogen and oxygen atoms in total. The zero-order chi connectivity index (χ0) is 10.3. The lowest BCUT2D eigenvalue weighted by Gasteiger charge is -2.41. The van der Waals surface area contributed by atoms with Gasteiger partial charge in [0.1, 0.15) is 11.9 Å². The van der Waals surface area contributed by atoms with Crippen molar-refractivity contribution < 1.29 is 4.74 Å². The lowest BCUT2D eigenvalue weighted by Crippen LogP contribution is -2.45. The molecule has 2 bridgehead atoms. The second kappa shape index (κ2) is 3.53. The van der Waals surface area contributed by atoms with Gasteiger partial charge >= 0.3 is 0 Å². The minimum absolute atomic E-state index is 0.384. The standard InChI is InChI=1S/C13H17NO/c1-14-7-6-12-10-4-2-3-5-11(8-10)15-13(12)9-14/h2-5,12-13H,6-9H2,1H3/t12-,13-/m1/s1. The number of likely N-dealkylation sites (N-methyl/N-ethyl adjacent to an activating group) is 1. The second-order valence-corrected chi connectivity index (χ2v) is 4.75. The normalized spacial score (nSPS) is 34.7.